The van der Waals surface area contributed by atoms with Gasteiger partial charge in [-0.2, -0.15) is 5.10 Å². The van der Waals surface area contributed by atoms with Crippen LogP contribution in [0.15, 0.2) is 29.0 Å². The standard InChI is InChI=1S/C14H20BrN5/c1-9(2)20-14(17-8-18-20)7-13(19-16)11-4-5-12(15)10(3)6-11/h4-6,8-9,13,19H,7,16H2,1-3H3. The molecule has 1 unspecified atom stereocenters. The summed E-state index contributed by atoms with van der Waals surface area (Å²) in [5.41, 5.74) is 5.21. The van der Waals surface area contributed by atoms with E-state index in [4.69, 9.17) is 5.84 Å². The summed E-state index contributed by atoms with van der Waals surface area (Å²) in [7, 11) is 0. The van der Waals surface area contributed by atoms with E-state index >= 15 is 0 Å². The van der Waals surface area contributed by atoms with Gasteiger partial charge in [0.25, 0.3) is 0 Å². The van der Waals surface area contributed by atoms with Gasteiger partial charge in [-0.15, -0.1) is 0 Å². The van der Waals surface area contributed by atoms with Crippen molar-refractivity contribution in [3.8, 4) is 0 Å². The molecule has 1 heterocycles. The van der Waals surface area contributed by atoms with E-state index in [0.717, 1.165) is 15.9 Å². The van der Waals surface area contributed by atoms with Gasteiger partial charge in [0.05, 0.1) is 6.04 Å². The van der Waals surface area contributed by atoms with E-state index in [1.165, 1.54) is 5.56 Å². The number of aryl methyl sites for hydroxylation is 1. The summed E-state index contributed by atoms with van der Waals surface area (Å²) in [4.78, 5) is 4.34. The molecule has 6 heteroatoms. The molecule has 0 aliphatic carbocycles. The normalized spacial score (nSPS) is 12.9. The minimum absolute atomic E-state index is 0.0171. The highest BCUT2D eigenvalue weighted by atomic mass is 79.9. The second kappa shape index (κ2) is 6.47. The van der Waals surface area contributed by atoms with Crippen LogP contribution in [0.4, 0.5) is 0 Å². The molecule has 1 atom stereocenters. The van der Waals surface area contributed by atoms with Gasteiger partial charge < -0.3 is 0 Å². The van der Waals surface area contributed by atoms with Gasteiger partial charge in [0, 0.05) is 16.9 Å². The van der Waals surface area contributed by atoms with Crippen LogP contribution in [0.5, 0.6) is 0 Å². The molecule has 2 aromatic rings. The van der Waals surface area contributed by atoms with Crippen LogP contribution < -0.4 is 11.3 Å². The van der Waals surface area contributed by atoms with Gasteiger partial charge in [0.2, 0.25) is 0 Å². The number of nitrogens with two attached hydrogens (primary N) is 1. The number of hydrazine groups is 1. The Morgan fingerprint density at radius 2 is 2.15 bits per heavy atom. The molecule has 5 nitrogen and oxygen atoms in total. The first-order valence-corrected chi connectivity index (χ1v) is 7.42. The van der Waals surface area contributed by atoms with E-state index in [0.29, 0.717) is 6.42 Å². The first kappa shape index (κ1) is 15.2. The third-order valence-electron chi connectivity index (χ3n) is 3.31. The second-order valence-corrected chi connectivity index (χ2v) is 6.00. The highest BCUT2D eigenvalue weighted by molar-refractivity contribution is 9.10. The van der Waals surface area contributed by atoms with E-state index in [-0.39, 0.29) is 12.1 Å². The van der Waals surface area contributed by atoms with Gasteiger partial charge in [-0.3, -0.25) is 11.3 Å². The average molecular weight is 338 g/mol. The third kappa shape index (κ3) is 3.26. The van der Waals surface area contributed by atoms with E-state index in [1.807, 2.05) is 10.7 Å². The maximum atomic E-state index is 5.72. The quantitative estimate of drug-likeness (QED) is 0.650. The van der Waals surface area contributed by atoms with Gasteiger partial charge in [0.1, 0.15) is 12.2 Å². The van der Waals surface area contributed by atoms with Crippen molar-refractivity contribution in [2.24, 2.45) is 5.84 Å². The van der Waals surface area contributed by atoms with Crippen molar-refractivity contribution in [2.75, 3.05) is 0 Å². The summed E-state index contributed by atoms with van der Waals surface area (Å²) >= 11 is 3.51. The monoisotopic (exact) mass is 337 g/mol. The van der Waals surface area contributed by atoms with Crippen molar-refractivity contribution in [3.63, 3.8) is 0 Å². The summed E-state index contributed by atoms with van der Waals surface area (Å²) < 4.78 is 3.03. The molecule has 0 aliphatic heterocycles. The smallest absolute Gasteiger partial charge is 0.138 e. The Morgan fingerprint density at radius 3 is 2.75 bits per heavy atom. The van der Waals surface area contributed by atoms with Crippen molar-refractivity contribution in [1.29, 1.82) is 0 Å². The number of halogens is 1. The van der Waals surface area contributed by atoms with Crippen LogP contribution in [0.2, 0.25) is 0 Å². The molecule has 0 saturated carbocycles. The molecule has 0 fully saturated rings. The lowest BCUT2D eigenvalue weighted by molar-refractivity contribution is 0.468. The SMILES string of the molecule is Cc1cc(C(Cc2ncnn2C(C)C)NN)ccc1Br. The summed E-state index contributed by atoms with van der Waals surface area (Å²) in [6.45, 7) is 6.25. The topological polar surface area (TPSA) is 68.8 Å². The van der Waals surface area contributed by atoms with Crippen molar-refractivity contribution >= 4 is 15.9 Å². The fraction of sp³-hybridized carbons (Fsp3) is 0.429. The summed E-state index contributed by atoms with van der Waals surface area (Å²) in [5.74, 6) is 6.65. The first-order chi connectivity index (χ1) is 9.52. The summed E-state index contributed by atoms with van der Waals surface area (Å²) in [5, 5.41) is 4.26. The molecule has 0 spiro atoms. The van der Waals surface area contributed by atoms with Gasteiger partial charge in [-0.05, 0) is 38.0 Å². The minimum atomic E-state index is 0.0171. The van der Waals surface area contributed by atoms with Crippen LogP contribution in [0.1, 0.15) is 42.9 Å². The number of rotatable bonds is 5. The van der Waals surface area contributed by atoms with Crippen LogP contribution in [0.3, 0.4) is 0 Å². The summed E-state index contributed by atoms with van der Waals surface area (Å²) in [6, 6.07) is 6.55. The maximum Gasteiger partial charge on any atom is 0.138 e. The zero-order chi connectivity index (χ0) is 14.7. The number of nitrogens with one attached hydrogen (secondary N) is 1. The molecule has 1 aromatic heterocycles. The zero-order valence-corrected chi connectivity index (χ0v) is 13.6. The third-order valence-corrected chi connectivity index (χ3v) is 4.20. The molecular weight excluding hydrogens is 318 g/mol. The predicted molar refractivity (Wildman–Crippen MR) is 83.1 cm³/mol. The number of nitrogens with zero attached hydrogens (tertiary/aromatic N) is 3. The van der Waals surface area contributed by atoms with E-state index < -0.39 is 0 Å². The lowest BCUT2D eigenvalue weighted by Crippen LogP contribution is -2.30. The van der Waals surface area contributed by atoms with Crippen molar-refractivity contribution in [3.05, 3.63) is 46.0 Å². The molecular formula is C14H20BrN5. The lowest BCUT2D eigenvalue weighted by Gasteiger charge is -2.18. The molecule has 108 valence electrons. The average Bonchev–Trinajstić information content (AvgIpc) is 2.87. The number of benzene rings is 1. The van der Waals surface area contributed by atoms with Gasteiger partial charge >= 0.3 is 0 Å². The van der Waals surface area contributed by atoms with Crippen LogP contribution in [-0.2, 0) is 6.42 Å². The Balaban J connectivity index is 2.24. The van der Waals surface area contributed by atoms with Crippen LogP contribution >= 0.6 is 15.9 Å². The lowest BCUT2D eigenvalue weighted by atomic mass is 10.0. The predicted octanol–water partition coefficient (Wildman–Crippen LogP) is 2.68. The molecule has 0 amide bonds. The van der Waals surface area contributed by atoms with Gasteiger partial charge in [-0.1, -0.05) is 28.1 Å². The van der Waals surface area contributed by atoms with Crippen molar-refractivity contribution in [1.82, 2.24) is 20.2 Å². The van der Waals surface area contributed by atoms with E-state index in [1.54, 1.807) is 6.33 Å². The molecule has 2 rings (SSSR count). The zero-order valence-electron chi connectivity index (χ0n) is 12.0. The molecule has 1 aromatic carbocycles. The first-order valence-electron chi connectivity index (χ1n) is 6.63. The van der Waals surface area contributed by atoms with Crippen LogP contribution in [-0.4, -0.2) is 14.8 Å². The number of hydrogen-bond acceptors (Lipinski definition) is 4. The Bertz CT molecular complexity index is 579. The van der Waals surface area contributed by atoms with Crippen molar-refractivity contribution in [2.45, 2.75) is 39.3 Å². The number of hydrogen-bond donors (Lipinski definition) is 2. The van der Waals surface area contributed by atoms with Crippen molar-refractivity contribution < 1.29 is 0 Å². The van der Waals surface area contributed by atoms with Crippen LogP contribution in [0, 0.1) is 6.92 Å². The largest absolute Gasteiger partial charge is 0.271 e. The fourth-order valence-electron chi connectivity index (χ4n) is 2.19. The molecule has 0 bridgehead atoms. The second-order valence-electron chi connectivity index (χ2n) is 5.15. The Hall–Kier alpha value is -1.24. The summed E-state index contributed by atoms with van der Waals surface area (Å²) in [6.07, 6.45) is 2.30. The van der Waals surface area contributed by atoms with E-state index in [2.05, 4.69) is 64.3 Å². The number of aromatic nitrogens is 3. The van der Waals surface area contributed by atoms with E-state index in [9.17, 15) is 0 Å². The highest BCUT2D eigenvalue weighted by Gasteiger charge is 2.16. The molecule has 0 aliphatic rings. The molecule has 0 radical (unpaired) electrons. The van der Waals surface area contributed by atoms with Gasteiger partial charge in [0.15, 0.2) is 0 Å². The fourth-order valence-corrected chi connectivity index (χ4v) is 2.44. The Labute approximate surface area is 127 Å². The maximum absolute atomic E-state index is 5.72. The Kier molecular flexibility index (Phi) is 4.91. The van der Waals surface area contributed by atoms with Crippen LogP contribution in [0.25, 0.3) is 0 Å². The molecule has 20 heavy (non-hydrogen) atoms. The minimum Gasteiger partial charge on any atom is -0.271 e. The highest BCUT2D eigenvalue weighted by Crippen LogP contribution is 2.23. The Morgan fingerprint density at radius 1 is 1.40 bits per heavy atom. The van der Waals surface area contributed by atoms with Gasteiger partial charge in [-0.25, -0.2) is 9.67 Å². The molecule has 3 N–H and O–H groups in total. The molecule has 0 saturated heterocycles.